The third kappa shape index (κ3) is 44.1. The van der Waals surface area contributed by atoms with Crippen molar-refractivity contribution in [1.82, 2.24) is 0 Å². The summed E-state index contributed by atoms with van der Waals surface area (Å²) >= 11 is 0. The van der Waals surface area contributed by atoms with Gasteiger partial charge >= 0.3 is 13.8 Å². The van der Waals surface area contributed by atoms with Crippen LogP contribution in [-0.4, -0.2) is 59.7 Å². The highest BCUT2D eigenvalue weighted by Crippen LogP contribution is 2.43. The number of rotatable bonds is 46. The van der Waals surface area contributed by atoms with Gasteiger partial charge in [0.1, 0.15) is 12.7 Å². The van der Waals surface area contributed by atoms with Crippen LogP contribution in [0.4, 0.5) is 0 Å². The Bertz CT molecular complexity index is 1000. The molecular formula is C48H91O9P. The van der Waals surface area contributed by atoms with Gasteiger partial charge in [-0.05, 0) is 57.4 Å². The summed E-state index contributed by atoms with van der Waals surface area (Å²) in [6.07, 6.45) is 50.5. The summed E-state index contributed by atoms with van der Waals surface area (Å²) in [5.74, 6) is -0.407. The Morgan fingerprint density at radius 1 is 0.534 bits per heavy atom. The van der Waals surface area contributed by atoms with Crippen LogP contribution >= 0.6 is 7.82 Å². The minimum absolute atomic E-state index is 0.0344. The second kappa shape index (κ2) is 45.1. The lowest BCUT2D eigenvalue weighted by atomic mass is 10.0. The molecular weight excluding hydrogens is 751 g/mol. The molecule has 1 unspecified atom stereocenters. The molecule has 0 amide bonds. The Morgan fingerprint density at radius 2 is 0.931 bits per heavy atom. The maximum absolute atomic E-state index is 12.6. The zero-order chi connectivity index (χ0) is 42.5. The molecule has 0 aliphatic heterocycles. The standard InChI is InChI=1S/C48H91O9P/c1-3-5-7-9-11-13-15-17-19-21-23-24-26-28-30-32-34-36-38-40-48(51)57-47(45-56-58(52,53)55-43-46(50)42-49)44-54-41-39-37-35-33-31-29-27-25-22-20-18-16-14-12-10-8-6-4-2/h11,13,17,19,39,41,46-47,49-50H,3-10,12,14-16,18,20-38,40,42-45H2,1-2H3,(H,52,53)/b13-11-,19-17-,41-39-/t46-,47+/m0/s1. The Kier molecular flexibility index (Phi) is 43.9. The number of phosphoric ester groups is 1. The first-order chi connectivity index (χ1) is 28.3. The summed E-state index contributed by atoms with van der Waals surface area (Å²) < 4.78 is 33.2. The number of phosphoric acid groups is 1. The van der Waals surface area contributed by atoms with Crippen molar-refractivity contribution in [1.29, 1.82) is 0 Å². The van der Waals surface area contributed by atoms with E-state index in [0.29, 0.717) is 6.42 Å². The van der Waals surface area contributed by atoms with Crippen molar-refractivity contribution in [3.63, 3.8) is 0 Å². The first-order valence-electron chi connectivity index (χ1n) is 24.0. The Hall–Kier alpha value is -1.48. The first kappa shape index (κ1) is 56.5. The van der Waals surface area contributed by atoms with E-state index >= 15 is 0 Å². The van der Waals surface area contributed by atoms with Crippen LogP contribution in [0, 0.1) is 0 Å². The van der Waals surface area contributed by atoms with Gasteiger partial charge in [0.2, 0.25) is 0 Å². The number of carbonyl (C=O) groups excluding carboxylic acids is 1. The van der Waals surface area contributed by atoms with Crippen molar-refractivity contribution in [3.05, 3.63) is 36.6 Å². The number of unbranched alkanes of at least 4 members (excludes halogenated alkanes) is 28. The van der Waals surface area contributed by atoms with Crippen LogP contribution in [0.3, 0.4) is 0 Å². The van der Waals surface area contributed by atoms with Crippen LogP contribution in [0.1, 0.15) is 226 Å². The lowest BCUT2D eigenvalue weighted by Gasteiger charge is -2.20. The predicted molar refractivity (Wildman–Crippen MR) is 242 cm³/mol. The smallest absolute Gasteiger partial charge is 0.472 e. The maximum Gasteiger partial charge on any atom is 0.472 e. The van der Waals surface area contributed by atoms with Crippen LogP contribution in [0.2, 0.25) is 0 Å². The van der Waals surface area contributed by atoms with Gasteiger partial charge in [-0.15, -0.1) is 0 Å². The van der Waals surface area contributed by atoms with Gasteiger partial charge in [-0.2, -0.15) is 0 Å². The molecule has 9 nitrogen and oxygen atoms in total. The molecule has 0 heterocycles. The highest BCUT2D eigenvalue weighted by molar-refractivity contribution is 7.47. The molecule has 0 spiro atoms. The molecule has 0 aromatic heterocycles. The van der Waals surface area contributed by atoms with Gasteiger partial charge in [0, 0.05) is 6.42 Å². The lowest BCUT2D eigenvalue weighted by molar-refractivity contribution is -0.153. The molecule has 342 valence electrons. The monoisotopic (exact) mass is 843 g/mol. The number of allylic oxidation sites excluding steroid dienone is 5. The summed E-state index contributed by atoms with van der Waals surface area (Å²) in [7, 11) is -4.54. The van der Waals surface area contributed by atoms with Crippen molar-refractivity contribution in [3.8, 4) is 0 Å². The van der Waals surface area contributed by atoms with E-state index in [0.717, 1.165) is 44.9 Å². The molecule has 0 saturated heterocycles. The number of esters is 1. The van der Waals surface area contributed by atoms with Gasteiger partial charge in [-0.25, -0.2) is 4.57 Å². The average molecular weight is 843 g/mol. The van der Waals surface area contributed by atoms with Crippen LogP contribution in [0.15, 0.2) is 36.6 Å². The SMILES string of the molecule is CCCCC/C=C\C/C=C\CCCCCCCCCCCC(=O)O[C@H](CO/C=C\CCCCCCCCCCCCCCCCCC)COP(=O)(O)OC[C@@H](O)CO. The number of aliphatic hydroxyl groups is 2. The van der Waals surface area contributed by atoms with Crippen molar-refractivity contribution < 1.29 is 43.0 Å². The molecule has 0 aromatic rings. The minimum Gasteiger partial charge on any atom is -0.498 e. The minimum atomic E-state index is -4.54. The van der Waals surface area contributed by atoms with Gasteiger partial charge in [-0.1, -0.05) is 192 Å². The number of ether oxygens (including phenoxy) is 2. The van der Waals surface area contributed by atoms with E-state index in [-0.39, 0.29) is 13.0 Å². The molecule has 58 heavy (non-hydrogen) atoms. The topological polar surface area (TPSA) is 132 Å². The summed E-state index contributed by atoms with van der Waals surface area (Å²) in [5.41, 5.74) is 0. The van der Waals surface area contributed by atoms with Crippen LogP contribution in [0.25, 0.3) is 0 Å². The molecule has 3 N–H and O–H groups in total. The first-order valence-corrected chi connectivity index (χ1v) is 25.5. The third-order valence-corrected chi connectivity index (χ3v) is 11.3. The van der Waals surface area contributed by atoms with Crippen molar-refractivity contribution in [2.24, 2.45) is 0 Å². The second-order valence-electron chi connectivity index (χ2n) is 16.2. The Balaban J connectivity index is 4.15. The van der Waals surface area contributed by atoms with Gasteiger partial charge < -0.3 is 24.6 Å². The molecule has 3 atom stereocenters. The molecule has 0 aliphatic rings. The summed E-state index contributed by atoms with van der Waals surface area (Å²) in [4.78, 5) is 22.6. The molecule has 0 rings (SSSR count). The summed E-state index contributed by atoms with van der Waals surface area (Å²) in [5, 5.41) is 18.4. The maximum atomic E-state index is 12.6. The quantitative estimate of drug-likeness (QED) is 0.0180. The molecule has 0 bridgehead atoms. The van der Waals surface area contributed by atoms with Gasteiger partial charge in [0.15, 0.2) is 6.10 Å². The van der Waals surface area contributed by atoms with Crippen LogP contribution < -0.4 is 0 Å². The van der Waals surface area contributed by atoms with E-state index in [9.17, 15) is 19.4 Å². The third-order valence-electron chi connectivity index (χ3n) is 10.4. The van der Waals surface area contributed by atoms with E-state index in [1.807, 2.05) is 6.08 Å². The number of carbonyl (C=O) groups is 1. The van der Waals surface area contributed by atoms with Gasteiger partial charge in [0.25, 0.3) is 0 Å². The highest BCUT2D eigenvalue weighted by Gasteiger charge is 2.26. The molecule has 0 aliphatic carbocycles. The Morgan fingerprint density at radius 3 is 1.41 bits per heavy atom. The lowest BCUT2D eigenvalue weighted by Crippen LogP contribution is -2.28. The molecule has 0 fully saturated rings. The average Bonchev–Trinajstić information content (AvgIpc) is 3.21. The van der Waals surface area contributed by atoms with Crippen LogP contribution in [-0.2, 0) is 27.9 Å². The summed E-state index contributed by atoms with van der Waals surface area (Å²) in [6.45, 7) is 2.89. The zero-order valence-electron chi connectivity index (χ0n) is 37.5. The number of hydrogen-bond donors (Lipinski definition) is 3. The molecule has 10 heteroatoms. The fourth-order valence-corrected chi connectivity index (χ4v) is 7.50. The summed E-state index contributed by atoms with van der Waals surface area (Å²) in [6, 6.07) is 0. The van der Waals surface area contributed by atoms with Gasteiger partial charge in [-0.3, -0.25) is 13.8 Å². The van der Waals surface area contributed by atoms with E-state index < -0.39 is 45.8 Å². The molecule has 0 saturated carbocycles. The largest absolute Gasteiger partial charge is 0.498 e. The van der Waals surface area contributed by atoms with Crippen molar-refractivity contribution in [2.75, 3.05) is 26.4 Å². The normalized spacial score (nSPS) is 14.2. The highest BCUT2D eigenvalue weighted by atomic mass is 31.2. The molecule has 0 aromatic carbocycles. The van der Waals surface area contributed by atoms with E-state index in [4.69, 9.17) is 23.6 Å². The van der Waals surface area contributed by atoms with Crippen LogP contribution in [0.5, 0.6) is 0 Å². The number of aliphatic hydroxyl groups excluding tert-OH is 2. The van der Waals surface area contributed by atoms with Crippen molar-refractivity contribution in [2.45, 2.75) is 238 Å². The fourth-order valence-electron chi connectivity index (χ4n) is 6.71. The molecule has 0 radical (unpaired) electrons. The van der Waals surface area contributed by atoms with Gasteiger partial charge in [0.05, 0.1) is 26.1 Å². The zero-order valence-corrected chi connectivity index (χ0v) is 38.4. The number of hydrogen-bond acceptors (Lipinski definition) is 8. The Labute approximate surface area is 356 Å². The van der Waals surface area contributed by atoms with E-state index in [1.54, 1.807) is 6.26 Å². The second-order valence-corrected chi connectivity index (χ2v) is 17.7. The van der Waals surface area contributed by atoms with E-state index in [2.05, 4.69) is 38.2 Å². The predicted octanol–water partition coefficient (Wildman–Crippen LogP) is 13.9. The van der Waals surface area contributed by atoms with E-state index in [1.165, 1.54) is 154 Å². The fraction of sp³-hybridized carbons (Fsp3) is 0.854. The van der Waals surface area contributed by atoms with Crippen molar-refractivity contribution >= 4 is 13.8 Å².